The van der Waals surface area contributed by atoms with Crippen LogP contribution < -0.4 is 24.2 Å². The number of hydrogen-bond donors (Lipinski definition) is 2. The third-order valence-electron chi connectivity index (χ3n) is 4.41. The van der Waals surface area contributed by atoms with Crippen LogP contribution in [-0.4, -0.2) is 54.3 Å². The Bertz CT molecular complexity index is 1130. The van der Waals surface area contributed by atoms with Crippen molar-refractivity contribution in [2.45, 2.75) is 31.7 Å². The zero-order valence-corrected chi connectivity index (χ0v) is 20.2. The fourth-order valence-electron chi connectivity index (χ4n) is 2.92. The van der Waals surface area contributed by atoms with Crippen LogP contribution in [0.25, 0.3) is 0 Å². The molecule has 2 N–H and O–H groups in total. The van der Waals surface area contributed by atoms with Crippen LogP contribution in [0.1, 0.15) is 29.8 Å². The van der Waals surface area contributed by atoms with Crippen molar-refractivity contribution in [3.05, 3.63) is 41.5 Å². The molecule has 180 valence electrons. The Morgan fingerprint density at radius 2 is 1.61 bits per heavy atom. The van der Waals surface area contributed by atoms with E-state index >= 15 is 0 Å². The number of nitrogens with one attached hydrogen (secondary N) is 2. The van der Waals surface area contributed by atoms with Gasteiger partial charge in [0.1, 0.15) is 5.75 Å². The number of ether oxygens (including phenoxy) is 4. The molecule has 2 aromatic carbocycles. The molecule has 0 saturated heterocycles. The molecule has 33 heavy (non-hydrogen) atoms. The average Bonchev–Trinajstić information content (AvgIpc) is 2.76. The normalized spacial score (nSPS) is 11.1. The summed E-state index contributed by atoms with van der Waals surface area (Å²) < 4.78 is 47.9. The lowest BCUT2D eigenvalue weighted by Crippen LogP contribution is -2.30. The van der Waals surface area contributed by atoms with Crippen molar-refractivity contribution in [2.24, 2.45) is 0 Å². The maximum absolute atomic E-state index is 12.5. The van der Waals surface area contributed by atoms with E-state index in [4.69, 9.17) is 18.9 Å². The fraction of sp³-hybridized carbons (Fsp3) is 0.364. The van der Waals surface area contributed by atoms with Crippen LogP contribution in [0, 0.1) is 6.92 Å². The minimum absolute atomic E-state index is 0.0758. The van der Waals surface area contributed by atoms with Crippen LogP contribution in [-0.2, 0) is 19.6 Å². The smallest absolute Gasteiger partial charge is 0.340 e. The van der Waals surface area contributed by atoms with E-state index in [9.17, 15) is 18.0 Å². The van der Waals surface area contributed by atoms with Gasteiger partial charge in [-0.3, -0.25) is 4.79 Å². The summed E-state index contributed by atoms with van der Waals surface area (Å²) in [7, 11) is 0.414. The van der Waals surface area contributed by atoms with Gasteiger partial charge in [-0.15, -0.1) is 0 Å². The highest BCUT2D eigenvalue weighted by atomic mass is 32.2. The Labute approximate surface area is 193 Å². The predicted molar refractivity (Wildman–Crippen MR) is 122 cm³/mol. The highest BCUT2D eigenvalue weighted by Crippen LogP contribution is 2.33. The van der Waals surface area contributed by atoms with E-state index in [0.717, 1.165) is 0 Å². The number of carbonyl (C=O) groups excluding carboxylic acids is 2. The van der Waals surface area contributed by atoms with Crippen LogP contribution >= 0.6 is 0 Å². The molecule has 0 aliphatic rings. The second-order valence-electron chi connectivity index (χ2n) is 7.28. The lowest BCUT2D eigenvalue weighted by Gasteiger charge is -2.15. The number of rotatable bonds is 10. The predicted octanol–water partition coefficient (Wildman–Crippen LogP) is 2.50. The SMILES string of the molecule is COC(=O)c1cc(OC)c(OC)cc1NC(=O)COc1ccc(S(=O)(=O)NC(C)C)cc1C. The fourth-order valence-corrected chi connectivity index (χ4v) is 4.26. The molecule has 0 aliphatic carbocycles. The molecule has 0 aromatic heterocycles. The summed E-state index contributed by atoms with van der Waals surface area (Å²) in [5.41, 5.74) is 0.772. The number of esters is 1. The molecule has 11 heteroatoms. The van der Waals surface area contributed by atoms with E-state index in [0.29, 0.717) is 22.8 Å². The Hall–Kier alpha value is -3.31. The van der Waals surface area contributed by atoms with Crippen molar-refractivity contribution in [3.63, 3.8) is 0 Å². The molecule has 2 rings (SSSR count). The maximum atomic E-state index is 12.5. The van der Waals surface area contributed by atoms with E-state index < -0.39 is 21.9 Å². The molecule has 0 bridgehead atoms. The van der Waals surface area contributed by atoms with E-state index in [1.165, 1.54) is 51.7 Å². The maximum Gasteiger partial charge on any atom is 0.340 e. The number of sulfonamides is 1. The molecular formula is C22H28N2O8S. The number of aryl methyl sites for hydroxylation is 1. The molecule has 1 amide bonds. The first-order valence-corrected chi connectivity index (χ1v) is 11.4. The summed E-state index contributed by atoms with van der Waals surface area (Å²) >= 11 is 0. The lowest BCUT2D eigenvalue weighted by molar-refractivity contribution is -0.118. The van der Waals surface area contributed by atoms with Crippen LogP contribution in [0.15, 0.2) is 35.2 Å². The van der Waals surface area contributed by atoms with Gasteiger partial charge in [-0.25, -0.2) is 17.9 Å². The molecule has 0 fully saturated rings. The standard InChI is InChI=1S/C22H28N2O8S/c1-13(2)24-33(27,28)15-7-8-18(14(3)9-15)32-12-21(25)23-17-11-20(30-5)19(29-4)10-16(17)22(26)31-6/h7-11,13,24H,12H2,1-6H3,(H,23,25). The van der Waals surface area contributed by atoms with Gasteiger partial charge < -0.3 is 24.3 Å². The van der Waals surface area contributed by atoms with Crippen LogP contribution in [0.2, 0.25) is 0 Å². The minimum atomic E-state index is -3.65. The van der Waals surface area contributed by atoms with Gasteiger partial charge in [-0.2, -0.15) is 0 Å². The molecule has 0 radical (unpaired) electrons. The quantitative estimate of drug-likeness (QED) is 0.496. The van der Waals surface area contributed by atoms with Crippen molar-refractivity contribution in [3.8, 4) is 17.2 Å². The molecular weight excluding hydrogens is 452 g/mol. The zero-order chi connectivity index (χ0) is 24.8. The molecule has 0 spiro atoms. The van der Waals surface area contributed by atoms with Crippen molar-refractivity contribution >= 4 is 27.6 Å². The van der Waals surface area contributed by atoms with Crippen LogP contribution in [0.3, 0.4) is 0 Å². The first-order chi connectivity index (χ1) is 15.5. The molecule has 0 unspecified atom stereocenters. The summed E-state index contributed by atoms with van der Waals surface area (Å²) in [4.78, 5) is 24.7. The van der Waals surface area contributed by atoms with E-state index in [2.05, 4.69) is 10.0 Å². The van der Waals surface area contributed by atoms with Crippen molar-refractivity contribution < 1.29 is 37.0 Å². The average molecular weight is 481 g/mol. The van der Waals surface area contributed by atoms with Crippen LogP contribution in [0.4, 0.5) is 5.69 Å². The summed E-state index contributed by atoms with van der Waals surface area (Å²) in [5.74, 6) is -0.275. The van der Waals surface area contributed by atoms with Gasteiger partial charge in [0.05, 0.1) is 37.5 Å². The van der Waals surface area contributed by atoms with Crippen LogP contribution in [0.5, 0.6) is 17.2 Å². The van der Waals surface area contributed by atoms with Crippen molar-refractivity contribution in [1.29, 1.82) is 0 Å². The third kappa shape index (κ3) is 6.59. The molecule has 0 aliphatic heterocycles. The molecule has 0 atom stereocenters. The second-order valence-corrected chi connectivity index (χ2v) is 9.00. The number of amides is 1. The van der Waals surface area contributed by atoms with E-state index in [1.54, 1.807) is 20.8 Å². The Kier molecular flexibility index (Phi) is 8.66. The third-order valence-corrected chi connectivity index (χ3v) is 6.07. The highest BCUT2D eigenvalue weighted by Gasteiger charge is 2.20. The summed E-state index contributed by atoms with van der Waals surface area (Å²) in [6.07, 6.45) is 0. The second kappa shape index (κ2) is 11.0. The molecule has 0 saturated carbocycles. The number of benzene rings is 2. The van der Waals surface area contributed by atoms with Gasteiger partial charge in [0.2, 0.25) is 10.0 Å². The van der Waals surface area contributed by atoms with Gasteiger partial charge in [-0.1, -0.05) is 0 Å². The van der Waals surface area contributed by atoms with Gasteiger partial charge >= 0.3 is 5.97 Å². The molecule has 0 heterocycles. The first kappa shape index (κ1) is 25.9. The largest absolute Gasteiger partial charge is 0.493 e. The summed E-state index contributed by atoms with van der Waals surface area (Å²) in [6, 6.07) is 6.93. The number of anilines is 1. The van der Waals surface area contributed by atoms with Crippen molar-refractivity contribution in [2.75, 3.05) is 33.3 Å². The van der Waals surface area contributed by atoms with E-state index in [-0.39, 0.29) is 28.8 Å². The Morgan fingerprint density at radius 1 is 0.970 bits per heavy atom. The topological polar surface area (TPSA) is 129 Å². The first-order valence-electron chi connectivity index (χ1n) is 9.92. The van der Waals surface area contributed by atoms with Gasteiger partial charge in [0.15, 0.2) is 18.1 Å². The zero-order valence-electron chi connectivity index (χ0n) is 19.3. The molecule has 10 nitrogen and oxygen atoms in total. The minimum Gasteiger partial charge on any atom is -0.493 e. The number of hydrogen-bond acceptors (Lipinski definition) is 8. The summed E-state index contributed by atoms with van der Waals surface area (Å²) in [5, 5.41) is 2.59. The van der Waals surface area contributed by atoms with E-state index in [1.807, 2.05) is 0 Å². The number of carbonyl (C=O) groups is 2. The highest BCUT2D eigenvalue weighted by molar-refractivity contribution is 7.89. The number of methoxy groups -OCH3 is 3. The van der Waals surface area contributed by atoms with Gasteiger partial charge in [-0.05, 0) is 44.5 Å². The van der Waals surface area contributed by atoms with Gasteiger partial charge in [0, 0.05) is 18.2 Å². The monoisotopic (exact) mass is 480 g/mol. The Balaban J connectivity index is 2.17. The lowest BCUT2D eigenvalue weighted by atomic mass is 10.1. The Morgan fingerprint density at radius 3 is 2.15 bits per heavy atom. The molecule has 2 aromatic rings. The summed E-state index contributed by atoms with van der Waals surface area (Å²) in [6.45, 7) is 4.74. The van der Waals surface area contributed by atoms with Crippen molar-refractivity contribution in [1.82, 2.24) is 4.72 Å². The van der Waals surface area contributed by atoms with Gasteiger partial charge in [0.25, 0.3) is 5.91 Å².